The summed E-state index contributed by atoms with van der Waals surface area (Å²) in [5, 5.41) is 8.30. The van der Waals surface area contributed by atoms with Crippen LogP contribution < -0.4 is 4.74 Å². The first-order valence-electron chi connectivity index (χ1n) is 7.86. The van der Waals surface area contributed by atoms with Crippen LogP contribution in [0.4, 0.5) is 0 Å². The Morgan fingerprint density at radius 2 is 1.71 bits per heavy atom. The second-order valence-electron chi connectivity index (χ2n) is 5.68. The minimum absolute atomic E-state index is 0.566. The summed E-state index contributed by atoms with van der Waals surface area (Å²) in [5.74, 6) is 1.34. The molecule has 0 N–H and O–H groups in total. The normalized spacial score (nSPS) is 10.8. The van der Waals surface area contributed by atoms with Gasteiger partial charge in [-0.2, -0.15) is 5.10 Å². The highest BCUT2D eigenvalue weighted by molar-refractivity contribution is 5.66. The molecule has 3 aromatic rings. The van der Waals surface area contributed by atoms with Gasteiger partial charge in [0, 0.05) is 12.1 Å². The molecular weight excluding hydrogens is 300 g/mol. The van der Waals surface area contributed by atoms with Crippen LogP contribution in [-0.4, -0.2) is 47.3 Å². The van der Waals surface area contributed by atoms with E-state index in [0.717, 1.165) is 29.1 Å². The van der Waals surface area contributed by atoms with Gasteiger partial charge in [0.1, 0.15) is 12.4 Å². The van der Waals surface area contributed by atoms with Gasteiger partial charge in [0.05, 0.1) is 17.5 Å². The van der Waals surface area contributed by atoms with Crippen LogP contribution in [0.25, 0.3) is 22.6 Å². The van der Waals surface area contributed by atoms with Gasteiger partial charge in [-0.15, -0.1) is 5.10 Å². The van der Waals surface area contributed by atoms with Crippen LogP contribution in [-0.2, 0) is 0 Å². The number of ether oxygens (including phenoxy) is 1. The highest BCUT2D eigenvalue weighted by Gasteiger charge is 2.11. The number of rotatable bonds is 6. The van der Waals surface area contributed by atoms with Gasteiger partial charge < -0.3 is 9.64 Å². The van der Waals surface area contributed by atoms with Crippen molar-refractivity contribution in [2.45, 2.75) is 0 Å². The largest absolute Gasteiger partial charge is 0.491 e. The van der Waals surface area contributed by atoms with Gasteiger partial charge in [-0.25, -0.2) is 4.98 Å². The molecule has 0 aliphatic carbocycles. The number of hydrogen-bond acceptors (Lipinski definition) is 5. The molecule has 0 radical (unpaired) electrons. The van der Waals surface area contributed by atoms with E-state index in [1.54, 1.807) is 6.20 Å². The lowest BCUT2D eigenvalue weighted by Crippen LogP contribution is -2.19. The average Bonchev–Trinajstić information content (AvgIpc) is 2.63. The molecule has 0 fully saturated rings. The zero-order valence-corrected chi connectivity index (χ0v) is 13.9. The van der Waals surface area contributed by atoms with E-state index < -0.39 is 0 Å². The van der Waals surface area contributed by atoms with Crippen molar-refractivity contribution in [2.24, 2.45) is 0 Å². The number of nitrogens with zero attached hydrogens (tertiary/aromatic N) is 4. The topological polar surface area (TPSA) is 51.1 Å². The number of para-hydroxylation sites is 1. The van der Waals surface area contributed by atoms with Gasteiger partial charge in [-0.3, -0.25) is 0 Å². The molecule has 5 nitrogen and oxygen atoms in total. The third kappa shape index (κ3) is 3.94. The Balaban J connectivity index is 1.89. The first kappa shape index (κ1) is 16.1. The molecule has 0 aliphatic rings. The van der Waals surface area contributed by atoms with E-state index in [1.807, 2.05) is 68.7 Å². The summed E-state index contributed by atoms with van der Waals surface area (Å²) in [6, 6.07) is 17.7. The molecule has 0 spiro atoms. The molecule has 1 heterocycles. The van der Waals surface area contributed by atoms with Crippen LogP contribution in [0, 0.1) is 0 Å². The molecule has 5 heteroatoms. The Morgan fingerprint density at radius 1 is 0.958 bits per heavy atom. The van der Waals surface area contributed by atoms with Crippen LogP contribution >= 0.6 is 0 Å². The summed E-state index contributed by atoms with van der Waals surface area (Å²) in [6.45, 7) is 1.45. The third-order valence-electron chi connectivity index (χ3n) is 3.55. The molecule has 24 heavy (non-hydrogen) atoms. The fraction of sp³-hybridized carbons (Fsp3) is 0.211. The van der Waals surface area contributed by atoms with Crippen molar-refractivity contribution in [3.8, 4) is 28.4 Å². The zero-order chi connectivity index (χ0) is 16.8. The molecule has 122 valence electrons. The van der Waals surface area contributed by atoms with E-state index in [9.17, 15) is 0 Å². The predicted octanol–water partition coefficient (Wildman–Crippen LogP) is 3.15. The SMILES string of the molecule is CN(C)CCOc1ccccc1-c1nncc(-c2ccccc2)n1. The van der Waals surface area contributed by atoms with Crippen molar-refractivity contribution in [2.75, 3.05) is 27.2 Å². The fourth-order valence-corrected chi connectivity index (χ4v) is 2.28. The Labute approximate surface area is 142 Å². The molecule has 0 amide bonds. The summed E-state index contributed by atoms with van der Waals surface area (Å²) >= 11 is 0. The molecule has 0 aliphatic heterocycles. The molecule has 1 aromatic heterocycles. The van der Waals surface area contributed by atoms with E-state index in [2.05, 4.69) is 20.1 Å². The predicted molar refractivity (Wildman–Crippen MR) is 94.7 cm³/mol. The Hall–Kier alpha value is -2.79. The molecule has 0 unspecified atom stereocenters. The Kier molecular flexibility index (Phi) is 5.13. The van der Waals surface area contributed by atoms with E-state index >= 15 is 0 Å². The van der Waals surface area contributed by atoms with Gasteiger partial charge in [0.15, 0.2) is 5.82 Å². The van der Waals surface area contributed by atoms with Crippen molar-refractivity contribution in [3.05, 3.63) is 60.8 Å². The maximum Gasteiger partial charge on any atom is 0.186 e. The molecule has 0 bridgehead atoms. The highest BCUT2D eigenvalue weighted by atomic mass is 16.5. The van der Waals surface area contributed by atoms with E-state index in [4.69, 9.17) is 4.74 Å². The van der Waals surface area contributed by atoms with Gasteiger partial charge in [0.2, 0.25) is 0 Å². The van der Waals surface area contributed by atoms with E-state index in [0.29, 0.717) is 12.4 Å². The first-order chi connectivity index (χ1) is 11.7. The van der Waals surface area contributed by atoms with Gasteiger partial charge >= 0.3 is 0 Å². The van der Waals surface area contributed by atoms with Gasteiger partial charge in [-0.1, -0.05) is 42.5 Å². The summed E-state index contributed by atoms with van der Waals surface area (Å²) in [7, 11) is 4.04. The minimum atomic E-state index is 0.566. The summed E-state index contributed by atoms with van der Waals surface area (Å²) in [4.78, 5) is 6.73. The third-order valence-corrected chi connectivity index (χ3v) is 3.55. The molecule has 3 rings (SSSR count). The molecular formula is C19H20N4O. The summed E-state index contributed by atoms with van der Waals surface area (Å²) in [6.07, 6.45) is 1.67. The lowest BCUT2D eigenvalue weighted by molar-refractivity contribution is 0.262. The molecule has 0 saturated carbocycles. The second-order valence-corrected chi connectivity index (χ2v) is 5.68. The summed E-state index contributed by atoms with van der Waals surface area (Å²) < 4.78 is 5.90. The summed E-state index contributed by atoms with van der Waals surface area (Å²) in [5.41, 5.74) is 2.66. The van der Waals surface area contributed by atoms with E-state index in [-0.39, 0.29) is 0 Å². The number of aromatic nitrogens is 3. The molecule has 2 aromatic carbocycles. The Morgan fingerprint density at radius 3 is 2.50 bits per heavy atom. The number of hydrogen-bond donors (Lipinski definition) is 0. The van der Waals surface area contributed by atoms with E-state index in [1.165, 1.54) is 0 Å². The second kappa shape index (κ2) is 7.66. The lowest BCUT2D eigenvalue weighted by atomic mass is 10.1. The quantitative estimate of drug-likeness (QED) is 0.698. The minimum Gasteiger partial charge on any atom is -0.491 e. The Bertz CT molecular complexity index is 790. The molecule has 0 saturated heterocycles. The van der Waals surface area contributed by atoms with Crippen molar-refractivity contribution in [1.29, 1.82) is 0 Å². The number of benzene rings is 2. The zero-order valence-electron chi connectivity index (χ0n) is 13.9. The average molecular weight is 320 g/mol. The standard InChI is InChI=1S/C19H20N4O/c1-23(2)12-13-24-18-11-7-6-10-16(18)19-21-17(14-20-22-19)15-8-4-3-5-9-15/h3-11,14H,12-13H2,1-2H3. The maximum absolute atomic E-state index is 5.90. The van der Waals surface area contributed by atoms with Crippen molar-refractivity contribution in [3.63, 3.8) is 0 Å². The smallest absolute Gasteiger partial charge is 0.186 e. The lowest BCUT2D eigenvalue weighted by Gasteiger charge is -2.13. The van der Waals surface area contributed by atoms with Crippen molar-refractivity contribution < 1.29 is 4.74 Å². The van der Waals surface area contributed by atoms with Gasteiger partial charge in [0.25, 0.3) is 0 Å². The monoisotopic (exact) mass is 320 g/mol. The fourth-order valence-electron chi connectivity index (χ4n) is 2.28. The van der Waals surface area contributed by atoms with Gasteiger partial charge in [-0.05, 0) is 26.2 Å². The highest BCUT2D eigenvalue weighted by Crippen LogP contribution is 2.28. The first-order valence-corrected chi connectivity index (χ1v) is 7.86. The van der Waals surface area contributed by atoms with Crippen molar-refractivity contribution in [1.82, 2.24) is 20.1 Å². The van der Waals surface area contributed by atoms with Crippen LogP contribution in [0.5, 0.6) is 5.75 Å². The van der Waals surface area contributed by atoms with Crippen LogP contribution in [0.2, 0.25) is 0 Å². The van der Waals surface area contributed by atoms with Crippen LogP contribution in [0.1, 0.15) is 0 Å². The number of likely N-dealkylation sites (N-methyl/N-ethyl adjacent to an activating group) is 1. The molecule has 0 atom stereocenters. The maximum atomic E-state index is 5.90. The van der Waals surface area contributed by atoms with Crippen LogP contribution in [0.3, 0.4) is 0 Å². The van der Waals surface area contributed by atoms with Crippen LogP contribution in [0.15, 0.2) is 60.8 Å². The van der Waals surface area contributed by atoms with Crippen molar-refractivity contribution >= 4 is 0 Å².